The van der Waals surface area contributed by atoms with Crippen LogP contribution in [0.4, 0.5) is 10.7 Å². The average molecular weight is 482 g/mol. The summed E-state index contributed by atoms with van der Waals surface area (Å²) in [4.78, 5) is 14.2. The summed E-state index contributed by atoms with van der Waals surface area (Å²) in [7, 11) is -2.33. The number of ether oxygens (including phenoxy) is 1. The topological polar surface area (TPSA) is 108 Å². The van der Waals surface area contributed by atoms with E-state index < -0.39 is 15.9 Å². The van der Waals surface area contributed by atoms with Gasteiger partial charge >= 0.3 is 0 Å². The maximum Gasteiger partial charge on any atom is 0.261 e. The fourth-order valence-electron chi connectivity index (χ4n) is 3.82. The molecule has 0 aliphatic heterocycles. The van der Waals surface area contributed by atoms with Gasteiger partial charge in [0, 0.05) is 16.1 Å². The largest absolute Gasteiger partial charge is 0.497 e. The van der Waals surface area contributed by atoms with Crippen LogP contribution in [0.25, 0.3) is 0 Å². The first kappa shape index (κ1) is 22.8. The number of hydrogen-bond acceptors (Lipinski definition) is 6. The lowest BCUT2D eigenvalue weighted by Crippen LogP contribution is -2.15. The van der Waals surface area contributed by atoms with Gasteiger partial charge in [0.25, 0.3) is 15.9 Å². The van der Waals surface area contributed by atoms with Crippen LogP contribution in [-0.2, 0) is 22.9 Å². The zero-order valence-corrected chi connectivity index (χ0v) is 19.7. The summed E-state index contributed by atoms with van der Waals surface area (Å²) in [5, 5.41) is 13.1. The van der Waals surface area contributed by atoms with Gasteiger partial charge in [-0.2, -0.15) is 5.26 Å². The van der Waals surface area contributed by atoms with E-state index in [2.05, 4.69) is 16.1 Å². The van der Waals surface area contributed by atoms with Crippen molar-refractivity contribution in [3.8, 4) is 11.8 Å². The van der Waals surface area contributed by atoms with Crippen LogP contribution < -0.4 is 14.8 Å². The van der Waals surface area contributed by atoms with Crippen molar-refractivity contribution < 1.29 is 17.9 Å². The molecule has 0 saturated carbocycles. The van der Waals surface area contributed by atoms with Crippen molar-refractivity contribution in [2.24, 2.45) is 0 Å². The first-order valence-corrected chi connectivity index (χ1v) is 12.8. The highest BCUT2D eigenvalue weighted by atomic mass is 32.2. The van der Waals surface area contributed by atoms with Gasteiger partial charge in [-0.25, -0.2) is 8.42 Å². The van der Waals surface area contributed by atoms with Gasteiger partial charge in [-0.05, 0) is 73.7 Å². The third kappa shape index (κ3) is 5.02. The Bertz CT molecular complexity index is 1320. The molecule has 0 fully saturated rings. The maximum absolute atomic E-state index is 12.9. The zero-order valence-electron chi connectivity index (χ0n) is 18.1. The number of nitriles is 1. The molecule has 2 N–H and O–H groups in total. The zero-order chi connectivity index (χ0) is 23.4. The Labute approximate surface area is 197 Å². The number of thiophene rings is 1. The number of sulfonamides is 1. The molecule has 0 radical (unpaired) electrons. The van der Waals surface area contributed by atoms with Crippen LogP contribution in [-0.4, -0.2) is 21.4 Å². The van der Waals surface area contributed by atoms with E-state index in [9.17, 15) is 18.5 Å². The summed E-state index contributed by atoms with van der Waals surface area (Å²) in [6, 6.07) is 14.5. The molecular formula is C24H23N3O4S2. The first-order chi connectivity index (χ1) is 15.9. The van der Waals surface area contributed by atoms with Crippen LogP contribution >= 0.6 is 11.3 Å². The second-order valence-electron chi connectivity index (χ2n) is 7.70. The summed E-state index contributed by atoms with van der Waals surface area (Å²) >= 11 is 1.46. The minimum Gasteiger partial charge on any atom is -0.497 e. The van der Waals surface area contributed by atoms with Crippen LogP contribution in [0.5, 0.6) is 5.75 Å². The van der Waals surface area contributed by atoms with E-state index in [-0.39, 0.29) is 16.1 Å². The Balaban J connectivity index is 1.53. The molecular weight excluding hydrogens is 458 g/mol. The fourth-order valence-corrected chi connectivity index (χ4v) is 6.10. The molecule has 0 saturated heterocycles. The van der Waals surface area contributed by atoms with Crippen molar-refractivity contribution in [1.82, 2.24) is 0 Å². The van der Waals surface area contributed by atoms with Crippen molar-refractivity contribution in [3.05, 3.63) is 70.1 Å². The molecule has 0 spiro atoms. The first-order valence-electron chi connectivity index (χ1n) is 10.5. The number of methoxy groups -OCH3 is 1. The molecule has 3 aromatic rings. The van der Waals surface area contributed by atoms with E-state index in [1.807, 2.05) is 0 Å². The SMILES string of the molecule is COc1ccc(S(=O)(=O)Nc2cccc(C(=O)Nc3sc4c(c3C#N)CCCCC4)c2)cc1. The summed E-state index contributed by atoms with van der Waals surface area (Å²) in [5.74, 6) is 0.156. The number of aryl methyl sites for hydroxylation is 1. The van der Waals surface area contributed by atoms with Gasteiger partial charge < -0.3 is 10.1 Å². The van der Waals surface area contributed by atoms with Gasteiger partial charge in [0.15, 0.2) is 0 Å². The van der Waals surface area contributed by atoms with Gasteiger partial charge in [-0.3, -0.25) is 9.52 Å². The highest BCUT2D eigenvalue weighted by Crippen LogP contribution is 2.37. The number of rotatable bonds is 6. The number of anilines is 2. The minimum absolute atomic E-state index is 0.0805. The van der Waals surface area contributed by atoms with E-state index in [1.54, 1.807) is 30.3 Å². The normalized spacial score (nSPS) is 13.3. The smallest absolute Gasteiger partial charge is 0.261 e. The summed E-state index contributed by atoms with van der Waals surface area (Å²) in [6.07, 6.45) is 5.05. The molecule has 1 amide bonds. The van der Waals surface area contributed by atoms with Crippen LogP contribution in [0.1, 0.15) is 45.6 Å². The van der Waals surface area contributed by atoms with Gasteiger partial charge in [0.1, 0.15) is 16.8 Å². The van der Waals surface area contributed by atoms with Crippen LogP contribution in [0.15, 0.2) is 53.4 Å². The second-order valence-corrected chi connectivity index (χ2v) is 10.5. The van der Waals surface area contributed by atoms with Gasteiger partial charge in [0.05, 0.1) is 17.6 Å². The Morgan fingerprint density at radius 3 is 2.58 bits per heavy atom. The molecule has 1 aliphatic rings. The molecule has 0 bridgehead atoms. The van der Waals surface area contributed by atoms with Crippen molar-refractivity contribution >= 4 is 38.0 Å². The molecule has 4 rings (SSSR count). The molecule has 1 aromatic heterocycles. The Morgan fingerprint density at radius 2 is 1.85 bits per heavy atom. The number of fused-ring (bicyclic) bond motifs is 1. The van der Waals surface area contributed by atoms with Crippen molar-refractivity contribution in [1.29, 1.82) is 5.26 Å². The average Bonchev–Trinajstić information content (AvgIpc) is 2.97. The van der Waals surface area contributed by atoms with Crippen LogP contribution in [0.3, 0.4) is 0 Å². The van der Waals surface area contributed by atoms with E-state index >= 15 is 0 Å². The predicted octanol–water partition coefficient (Wildman–Crippen LogP) is 4.95. The van der Waals surface area contributed by atoms with Crippen LogP contribution in [0.2, 0.25) is 0 Å². The van der Waals surface area contributed by atoms with Crippen LogP contribution in [0, 0.1) is 11.3 Å². The number of amides is 1. The maximum atomic E-state index is 12.9. The number of hydrogen-bond donors (Lipinski definition) is 2. The number of carbonyl (C=O) groups excluding carboxylic acids is 1. The third-order valence-electron chi connectivity index (χ3n) is 5.51. The van der Waals surface area contributed by atoms with Gasteiger partial charge in [0.2, 0.25) is 0 Å². The molecule has 170 valence electrons. The predicted molar refractivity (Wildman–Crippen MR) is 128 cm³/mol. The van der Waals surface area contributed by atoms with Crippen molar-refractivity contribution in [3.63, 3.8) is 0 Å². The standard InChI is InChI=1S/C24H23N3O4S2/c1-31-18-10-12-19(13-11-18)33(29,30)27-17-7-5-6-16(14-17)23(28)26-24-21(15-25)20-8-3-2-4-9-22(20)32-24/h5-7,10-14,27H,2-4,8-9H2,1H3,(H,26,28). The quantitative estimate of drug-likeness (QED) is 0.484. The van der Waals surface area contributed by atoms with E-state index in [0.717, 1.165) is 37.7 Å². The highest BCUT2D eigenvalue weighted by molar-refractivity contribution is 7.92. The van der Waals surface area contributed by atoms with Gasteiger partial charge in [-0.1, -0.05) is 12.5 Å². The van der Waals surface area contributed by atoms with E-state index in [4.69, 9.17) is 4.74 Å². The number of nitrogens with one attached hydrogen (secondary N) is 2. The lowest BCUT2D eigenvalue weighted by molar-refractivity contribution is 0.102. The third-order valence-corrected chi connectivity index (χ3v) is 8.11. The molecule has 1 heterocycles. The van der Waals surface area contributed by atoms with Gasteiger partial charge in [-0.15, -0.1) is 11.3 Å². The summed E-state index contributed by atoms with van der Waals surface area (Å²) in [6.45, 7) is 0. The Kier molecular flexibility index (Phi) is 6.67. The summed E-state index contributed by atoms with van der Waals surface area (Å²) < 4.78 is 33.0. The molecule has 1 aliphatic carbocycles. The summed E-state index contributed by atoms with van der Waals surface area (Å²) in [5.41, 5.74) is 2.15. The molecule has 2 aromatic carbocycles. The van der Waals surface area contributed by atoms with E-state index in [0.29, 0.717) is 16.3 Å². The lowest BCUT2D eigenvalue weighted by atomic mass is 10.1. The second kappa shape index (κ2) is 9.65. The highest BCUT2D eigenvalue weighted by Gasteiger charge is 2.22. The minimum atomic E-state index is -3.83. The molecule has 7 nitrogen and oxygen atoms in total. The molecule has 9 heteroatoms. The molecule has 0 unspecified atom stereocenters. The molecule has 0 atom stereocenters. The van der Waals surface area contributed by atoms with E-state index in [1.165, 1.54) is 41.5 Å². The number of carbonyl (C=O) groups is 1. The van der Waals surface area contributed by atoms with Crippen molar-refractivity contribution in [2.45, 2.75) is 37.0 Å². The Hall–Kier alpha value is -3.35. The van der Waals surface area contributed by atoms with Crippen molar-refractivity contribution in [2.75, 3.05) is 17.1 Å². The number of nitrogens with zero attached hydrogens (tertiary/aromatic N) is 1. The number of benzene rings is 2. The molecule has 33 heavy (non-hydrogen) atoms. The monoisotopic (exact) mass is 481 g/mol. The fraction of sp³-hybridized carbons (Fsp3) is 0.250. The Morgan fingerprint density at radius 1 is 1.09 bits per heavy atom. The lowest BCUT2D eigenvalue weighted by Gasteiger charge is -2.10.